The predicted molar refractivity (Wildman–Crippen MR) is 102 cm³/mol. The fraction of sp³-hybridized carbons (Fsp3) is 0.0476. The van der Waals surface area contributed by atoms with Crippen molar-refractivity contribution in [3.8, 4) is 11.1 Å². The molecule has 0 saturated carbocycles. The van der Waals surface area contributed by atoms with Crippen LogP contribution in [0, 0.1) is 0 Å². The Morgan fingerprint density at radius 2 is 1.22 bits per heavy atom. The zero-order chi connectivity index (χ0) is 19.2. The number of nitrogens with two attached hydrogens (primary N) is 1. The number of fused-ring (bicyclic) bond motifs is 2. The lowest BCUT2D eigenvalue weighted by Crippen LogP contribution is -2.10. The van der Waals surface area contributed by atoms with Crippen molar-refractivity contribution < 1.29 is 17.4 Å². The smallest absolute Gasteiger partial charge is 0.248 e. The van der Waals surface area contributed by atoms with Crippen molar-refractivity contribution in [2.24, 2.45) is 5.14 Å². The van der Waals surface area contributed by atoms with Crippen LogP contribution in [0.25, 0.3) is 32.7 Å². The van der Waals surface area contributed by atoms with Crippen LogP contribution in [0.2, 0.25) is 0 Å². The number of hydrogen-bond acceptors (Lipinski definition) is 1. The first-order chi connectivity index (χ1) is 12.9. The van der Waals surface area contributed by atoms with Gasteiger partial charge in [0.1, 0.15) is 11.0 Å². The van der Waals surface area contributed by atoms with Gasteiger partial charge in [0.25, 0.3) is 0 Å². The van der Waals surface area contributed by atoms with E-state index in [0.717, 1.165) is 11.5 Å². The van der Waals surface area contributed by atoms with Gasteiger partial charge in [-0.25, -0.2) is 9.35 Å². The highest BCUT2D eigenvalue weighted by atomic mass is 32.2. The third-order valence-corrected chi connectivity index (χ3v) is 5.37. The molecule has 1 unspecified atom stereocenters. The first-order valence-corrected chi connectivity index (χ1v) is 9.36. The van der Waals surface area contributed by atoms with Crippen molar-refractivity contribution in [3.05, 3.63) is 78.4 Å². The van der Waals surface area contributed by atoms with Crippen LogP contribution < -0.4 is 5.14 Å². The second-order valence-electron chi connectivity index (χ2n) is 6.16. The van der Waals surface area contributed by atoms with E-state index in [2.05, 4.69) is 0 Å². The van der Waals surface area contributed by atoms with Crippen LogP contribution in [0.4, 0.5) is 13.2 Å². The Morgan fingerprint density at radius 3 is 1.78 bits per heavy atom. The Balaban J connectivity index is 2.27. The van der Waals surface area contributed by atoms with E-state index in [4.69, 9.17) is 5.14 Å². The van der Waals surface area contributed by atoms with Crippen molar-refractivity contribution in [2.45, 2.75) is 11.1 Å². The van der Waals surface area contributed by atoms with Crippen molar-refractivity contribution in [1.29, 1.82) is 0 Å². The Kier molecular flexibility index (Phi) is 4.25. The van der Waals surface area contributed by atoms with E-state index in [1.165, 1.54) is 12.1 Å². The summed E-state index contributed by atoms with van der Waals surface area (Å²) in [4.78, 5) is 0.176. The molecule has 6 heteroatoms. The van der Waals surface area contributed by atoms with E-state index in [1.807, 2.05) is 0 Å². The molecule has 0 aromatic heterocycles. The first kappa shape index (κ1) is 17.7. The summed E-state index contributed by atoms with van der Waals surface area (Å²) < 4.78 is 53.9. The molecule has 4 aromatic carbocycles. The highest BCUT2D eigenvalue weighted by Gasteiger charge is 2.35. The molecule has 0 heterocycles. The van der Waals surface area contributed by atoms with Crippen molar-refractivity contribution >= 4 is 32.5 Å². The van der Waals surface area contributed by atoms with Gasteiger partial charge < -0.3 is 0 Å². The number of hydrogen-bond donors (Lipinski definition) is 1. The van der Waals surface area contributed by atoms with Gasteiger partial charge in [0.05, 0.1) is 10.5 Å². The molecule has 0 aliphatic heterocycles. The molecule has 4 rings (SSSR count). The molecule has 27 heavy (non-hydrogen) atoms. The molecule has 2 nitrogen and oxygen atoms in total. The van der Waals surface area contributed by atoms with E-state index in [9.17, 15) is 17.4 Å². The van der Waals surface area contributed by atoms with Gasteiger partial charge in [-0.05, 0) is 33.7 Å². The van der Waals surface area contributed by atoms with Crippen molar-refractivity contribution in [3.63, 3.8) is 0 Å². The van der Waals surface area contributed by atoms with Crippen LogP contribution in [0.1, 0.15) is 5.56 Å². The molecule has 0 saturated heterocycles. The molecular formula is C21H14F3NOS. The number of alkyl halides is 3. The van der Waals surface area contributed by atoms with Gasteiger partial charge >= 0.3 is 6.18 Å². The van der Waals surface area contributed by atoms with E-state index in [0.29, 0.717) is 16.2 Å². The molecule has 0 amide bonds. The molecule has 136 valence electrons. The van der Waals surface area contributed by atoms with Crippen LogP contribution in [0.5, 0.6) is 0 Å². The predicted octanol–water partition coefficient (Wildman–Crippen LogP) is 5.66. The maximum absolute atomic E-state index is 13.9. The molecule has 4 aromatic rings. The molecule has 0 fully saturated rings. The Labute approximate surface area is 156 Å². The lowest BCUT2D eigenvalue weighted by molar-refractivity contribution is -0.137. The lowest BCUT2D eigenvalue weighted by Gasteiger charge is -2.19. The Morgan fingerprint density at radius 1 is 0.704 bits per heavy atom. The van der Waals surface area contributed by atoms with Gasteiger partial charge in [-0.3, -0.25) is 0 Å². The average molecular weight is 385 g/mol. The molecule has 0 aliphatic rings. The molecule has 0 spiro atoms. The highest BCUT2D eigenvalue weighted by molar-refractivity contribution is 7.82. The summed E-state index contributed by atoms with van der Waals surface area (Å²) in [6, 6.07) is 19.7. The first-order valence-electron chi connectivity index (χ1n) is 8.15. The fourth-order valence-corrected chi connectivity index (χ4v) is 4.07. The molecule has 1 atom stereocenters. The second-order valence-corrected chi connectivity index (χ2v) is 7.20. The number of rotatable bonds is 2. The summed E-state index contributed by atoms with van der Waals surface area (Å²) in [6.45, 7) is 0. The number of halogens is 3. The maximum atomic E-state index is 13.9. The van der Waals surface area contributed by atoms with Crippen LogP contribution in [-0.4, -0.2) is 4.21 Å². The largest absolute Gasteiger partial charge is 0.417 e. The molecule has 0 aliphatic carbocycles. The second kappa shape index (κ2) is 6.48. The summed E-state index contributed by atoms with van der Waals surface area (Å²) in [6.07, 6.45) is -4.57. The van der Waals surface area contributed by atoms with Crippen LogP contribution in [0.15, 0.2) is 77.7 Å². The fourth-order valence-electron chi connectivity index (χ4n) is 3.45. The maximum Gasteiger partial charge on any atom is 0.417 e. The lowest BCUT2D eigenvalue weighted by atomic mass is 9.90. The summed E-state index contributed by atoms with van der Waals surface area (Å²) in [5.74, 6) is 0. The summed E-state index contributed by atoms with van der Waals surface area (Å²) in [7, 11) is -1.94. The molecule has 2 N–H and O–H groups in total. The molecule has 0 bridgehead atoms. The summed E-state index contributed by atoms with van der Waals surface area (Å²) in [5, 5.41) is 8.08. The van der Waals surface area contributed by atoms with Crippen LogP contribution >= 0.6 is 0 Å². The quantitative estimate of drug-likeness (QED) is 0.475. The van der Waals surface area contributed by atoms with Gasteiger partial charge in [-0.2, -0.15) is 13.2 Å². The van der Waals surface area contributed by atoms with E-state index >= 15 is 0 Å². The summed E-state index contributed by atoms with van der Waals surface area (Å²) in [5.41, 5.74) is -0.506. The summed E-state index contributed by atoms with van der Waals surface area (Å²) >= 11 is 0. The SMILES string of the molecule is NS(=O)c1ccc2ccccc2c1-c1c(C(F)(F)F)ccc2ccccc12. The van der Waals surface area contributed by atoms with Crippen LogP contribution in [0.3, 0.4) is 0 Å². The molecular weight excluding hydrogens is 371 g/mol. The minimum atomic E-state index is -4.57. The van der Waals surface area contributed by atoms with Crippen molar-refractivity contribution in [1.82, 2.24) is 0 Å². The van der Waals surface area contributed by atoms with Gasteiger partial charge in [0.2, 0.25) is 0 Å². The van der Waals surface area contributed by atoms with Gasteiger partial charge in [0.15, 0.2) is 0 Å². The van der Waals surface area contributed by atoms with Crippen molar-refractivity contribution in [2.75, 3.05) is 0 Å². The molecule has 0 radical (unpaired) electrons. The zero-order valence-electron chi connectivity index (χ0n) is 14.0. The van der Waals surface area contributed by atoms with Crippen LogP contribution in [-0.2, 0) is 17.2 Å². The third-order valence-electron chi connectivity index (χ3n) is 4.59. The average Bonchev–Trinajstić information content (AvgIpc) is 2.65. The van der Waals surface area contributed by atoms with Gasteiger partial charge in [-0.1, -0.05) is 60.7 Å². The minimum absolute atomic E-state index is 0.00574. The highest BCUT2D eigenvalue weighted by Crippen LogP contribution is 2.45. The normalized spacial score (nSPS) is 13.2. The topological polar surface area (TPSA) is 43.1 Å². The Hall–Kier alpha value is -2.70. The van der Waals surface area contributed by atoms with E-state index < -0.39 is 22.7 Å². The standard InChI is InChI=1S/C21H14F3NOS/c22-21(23,24)17-11-9-13-5-1-3-7-15(13)19(17)20-16-8-4-2-6-14(16)10-12-18(20)27(25)26/h1-12H,25H2. The van der Waals surface area contributed by atoms with Gasteiger partial charge in [0, 0.05) is 11.1 Å². The Bertz CT molecular complexity index is 1200. The van der Waals surface area contributed by atoms with E-state index in [1.54, 1.807) is 54.6 Å². The number of benzene rings is 4. The van der Waals surface area contributed by atoms with Gasteiger partial charge in [-0.15, -0.1) is 0 Å². The monoisotopic (exact) mass is 385 g/mol. The minimum Gasteiger partial charge on any atom is -0.248 e. The third kappa shape index (κ3) is 3.01. The zero-order valence-corrected chi connectivity index (χ0v) is 14.8. The van der Waals surface area contributed by atoms with E-state index in [-0.39, 0.29) is 16.0 Å².